The maximum atomic E-state index is 11.3. The van der Waals surface area contributed by atoms with Crippen LogP contribution in [0.4, 0.5) is 0 Å². The summed E-state index contributed by atoms with van der Waals surface area (Å²) < 4.78 is 0. The van der Waals surface area contributed by atoms with E-state index in [1.807, 2.05) is 13.0 Å². The van der Waals surface area contributed by atoms with E-state index in [0.29, 0.717) is 11.3 Å². The van der Waals surface area contributed by atoms with Crippen molar-refractivity contribution in [3.8, 4) is 0 Å². The Morgan fingerprint density at radius 2 is 2.00 bits per heavy atom. The molecule has 19 heavy (non-hydrogen) atoms. The van der Waals surface area contributed by atoms with Crippen LogP contribution in [0.5, 0.6) is 0 Å². The van der Waals surface area contributed by atoms with Crippen molar-refractivity contribution in [1.29, 1.82) is 0 Å². The first-order valence-electron chi connectivity index (χ1n) is 6.56. The molecule has 0 saturated carbocycles. The third-order valence-corrected chi connectivity index (χ3v) is 4.09. The molecule has 1 rings (SSSR count). The molecule has 1 N–H and O–H groups in total. The minimum Gasteiger partial charge on any atom is -0.478 e. The fraction of sp³-hybridized carbons (Fsp3) is 0.571. The molecule has 0 spiro atoms. The summed E-state index contributed by atoms with van der Waals surface area (Å²) in [5, 5.41) is 9.27. The van der Waals surface area contributed by atoms with Crippen LogP contribution in [-0.4, -0.2) is 46.3 Å². The van der Waals surface area contributed by atoms with Gasteiger partial charge >= 0.3 is 5.97 Å². The molecule has 0 atom stereocenters. The normalized spacial score (nSPS) is 11.0. The molecule has 1 heterocycles. The molecule has 0 saturated heterocycles. The van der Waals surface area contributed by atoms with Crippen molar-refractivity contribution >= 4 is 17.7 Å². The van der Waals surface area contributed by atoms with Crippen LogP contribution < -0.4 is 0 Å². The second-order valence-electron chi connectivity index (χ2n) is 4.40. The van der Waals surface area contributed by atoms with E-state index < -0.39 is 5.97 Å². The minimum absolute atomic E-state index is 0.343. The van der Waals surface area contributed by atoms with Crippen LogP contribution in [0.1, 0.15) is 35.6 Å². The lowest BCUT2D eigenvalue weighted by Crippen LogP contribution is -2.25. The first-order valence-corrected chi connectivity index (χ1v) is 7.54. The smallest absolute Gasteiger partial charge is 0.338 e. The van der Waals surface area contributed by atoms with Gasteiger partial charge in [0, 0.05) is 22.9 Å². The van der Waals surface area contributed by atoms with E-state index in [1.54, 1.807) is 18.7 Å². The van der Waals surface area contributed by atoms with E-state index >= 15 is 0 Å². The van der Waals surface area contributed by atoms with Gasteiger partial charge in [-0.1, -0.05) is 13.8 Å². The molecule has 4 nitrogen and oxygen atoms in total. The summed E-state index contributed by atoms with van der Waals surface area (Å²) in [4.78, 5) is 18.7. The Hall–Kier alpha value is -1.07. The van der Waals surface area contributed by atoms with Crippen LogP contribution in [0.25, 0.3) is 0 Å². The number of carbonyl (C=O) groups is 1. The summed E-state index contributed by atoms with van der Waals surface area (Å²) in [6.45, 7) is 10.9. The highest BCUT2D eigenvalue weighted by Gasteiger charge is 2.15. The number of rotatable bonds is 7. The highest BCUT2D eigenvalue weighted by atomic mass is 32.2. The lowest BCUT2D eigenvalue weighted by Gasteiger charge is -2.18. The predicted octanol–water partition coefficient (Wildman–Crippen LogP) is 2.83. The molecule has 0 amide bonds. The molecule has 0 bridgehead atoms. The fourth-order valence-corrected chi connectivity index (χ4v) is 3.19. The van der Waals surface area contributed by atoms with E-state index in [2.05, 4.69) is 23.7 Å². The maximum absolute atomic E-state index is 11.3. The molecule has 0 fully saturated rings. The highest BCUT2D eigenvalue weighted by molar-refractivity contribution is 7.99. The van der Waals surface area contributed by atoms with Crippen molar-refractivity contribution in [2.45, 2.75) is 32.6 Å². The average molecular weight is 282 g/mol. The standard InChI is InChI=1S/C14H22N2O2S/c1-5-16(6-2)7-8-19-12-9-10(3)15-11(4)13(12)14(17)18/h9H,5-8H2,1-4H3,(H,17,18). The van der Waals surface area contributed by atoms with Gasteiger partial charge in [0.05, 0.1) is 11.3 Å². The Balaban J connectivity index is 2.80. The zero-order valence-electron chi connectivity index (χ0n) is 12.1. The van der Waals surface area contributed by atoms with Gasteiger partial charge in [0.25, 0.3) is 0 Å². The number of aromatic nitrogens is 1. The molecule has 0 unspecified atom stereocenters. The van der Waals surface area contributed by atoms with Crippen LogP contribution in [-0.2, 0) is 0 Å². The Kier molecular flexibility index (Phi) is 6.31. The van der Waals surface area contributed by atoms with Gasteiger partial charge in [0.2, 0.25) is 0 Å². The van der Waals surface area contributed by atoms with Crippen LogP contribution >= 0.6 is 11.8 Å². The van der Waals surface area contributed by atoms with Crippen molar-refractivity contribution in [3.05, 3.63) is 23.0 Å². The number of carboxylic acids is 1. The summed E-state index contributed by atoms with van der Waals surface area (Å²) in [6, 6.07) is 1.86. The van der Waals surface area contributed by atoms with E-state index in [1.165, 1.54) is 0 Å². The van der Waals surface area contributed by atoms with Crippen molar-refractivity contribution in [1.82, 2.24) is 9.88 Å². The number of carboxylic acid groups (broad SMARTS) is 1. The molecule has 1 aromatic rings. The van der Waals surface area contributed by atoms with Gasteiger partial charge in [0.1, 0.15) is 0 Å². The molecule has 1 aromatic heterocycles. The predicted molar refractivity (Wildman–Crippen MR) is 79.2 cm³/mol. The molecular weight excluding hydrogens is 260 g/mol. The molecule has 0 aliphatic heterocycles. The van der Waals surface area contributed by atoms with Gasteiger partial charge in [-0.3, -0.25) is 4.98 Å². The number of aromatic carboxylic acids is 1. The monoisotopic (exact) mass is 282 g/mol. The van der Waals surface area contributed by atoms with Gasteiger partial charge in [-0.05, 0) is 33.0 Å². The number of thioether (sulfide) groups is 1. The molecule has 0 aliphatic carbocycles. The zero-order chi connectivity index (χ0) is 14.4. The van der Waals surface area contributed by atoms with Crippen LogP contribution in [0, 0.1) is 13.8 Å². The van der Waals surface area contributed by atoms with E-state index in [4.69, 9.17) is 0 Å². The van der Waals surface area contributed by atoms with Crippen molar-refractivity contribution in [2.75, 3.05) is 25.4 Å². The second kappa shape index (κ2) is 7.50. The lowest BCUT2D eigenvalue weighted by molar-refractivity contribution is 0.0691. The lowest BCUT2D eigenvalue weighted by atomic mass is 10.2. The van der Waals surface area contributed by atoms with E-state index in [9.17, 15) is 9.90 Å². The molecule has 106 valence electrons. The molecule has 0 aromatic carbocycles. The average Bonchev–Trinajstić information content (AvgIpc) is 2.33. The van der Waals surface area contributed by atoms with Crippen molar-refractivity contribution in [2.24, 2.45) is 0 Å². The molecular formula is C14H22N2O2S. The summed E-state index contributed by atoms with van der Waals surface area (Å²) >= 11 is 1.60. The molecule has 0 aliphatic rings. The molecule has 0 radical (unpaired) electrons. The van der Waals surface area contributed by atoms with Crippen LogP contribution in [0.3, 0.4) is 0 Å². The van der Waals surface area contributed by atoms with E-state index in [0.717, 1.165) is 36.0 Å². The van der Waals surface area contributed by atoms with Gasteiger partial charge in [-0.25, -0.2) is 4.79 Å². The number of aryl methyl sites for hydroxylation is 2. The number of hydrogen-bond acceptors (Lipinski definition) is 4. The van der Waals surface area contributed by atoms with Gasteiger partial charge in [-0.15, -0.1) is 11.8 Å². The third-order valence-electron chi connectivity index (χ3n) is 3.07. The minimum atomic E-state index is -0.893. The second-order valence-corrected chi connectivity index (χ2v) is 5.54. The molecule has 5 heteroatoms. The Morgan fingerprint density at radius 3 is 2.53 bits per heavy atom. The summed E-state index contributed by atoms with van der Waals surface area (Å²) in [6.07, 6.45) is 0. The van der Waals surface area contributed by atoms with Gasteiger partial charge in [0.15, 0.2) is 0 Å². The third kappa shape index (κ3) is 4.51. The largest absolute Gasteiger partial charge is 0.478 e. The Bertz CT molecular complexity index is 445. The quantitative estimate of drug-likeness (QED) is 0.779. The van der Waals surface area contributed by atoms with Gasteiger partial charge in [-0.2, -0.15) is 0 Å². The number of hydrogen-bond donors (Lipinski definition) is 1. The van der Waals surface area contributed by atoms with E-state index in [-0.39, 0.29) is 0 Å². The highest BCUT2D eigenvalue weighted by Crippen LogP contribution is 2.25. The topological polar surface area (TPSA) is 53.4 Å². The first-order chi connectivity index (χ1) is 8.99. The first kappa shape index (κ1) is 16.0. The fourth-order valence-electron chi connectivity index (χ4n) is 1.99. The van der Waals surface area contributed by atoms with Crippen LogP contribution in [0.2, 0.25) is 0 Å². The summed E-state index contributed by atoms with van der Waals surface area (Å²) in [7, 11) is 0. The van der Waals surface area contributed by atoms with Crippen molar-refractivity contribution in [3.63, 3.8) is 0 Å². The Labute approximate surface area is 119 Å². The SMILES string of the molecule is CCN(CC)CCSc1cc(C)nc(C)c1C(=O)O. The Morgan fingerprint density at radius 1 is 1.37 bits per heavy atom. The number of nitrogens with zero attached hydrogens (tertiary/aromatic N) is 2. The summed E-state index contributed by atoms with van der Waals surface area (Å²) in [5.74, 6) is 0.000499. The maximum Gasteiger partial charge on any atom is 0.338 e. The van der Waals surface area contributed by atoms with Crippen LogP contribution in [0.15, 0.2) is 11.0 Å². The summed E-state index contributed by atoms with van der Waals surface area (Å²) in [5.41, 5.74) is 1.81. The zero-order valence-corrected chi connectivity index (χ0v) is 12.9. The number of pyridine rings is 1. The van der Waals surface area contributed by atoms with Crippen molar-refractivity contribution < 1.29 is 9.90 Å². The van der Waals surface area contributed by atoms with Gasteiger partial charge < -0.3 is 10.0 Å².